The highest BCUT2D eigenvalue weighted by Crippen LogP contribution is 2.15. The number of benzene rings is 1. The van der Waals surface area contributed by atoms with Gasteiger partial charge >= 0.3 is 5.97 Å². The second-order valence-corrected chi connectivity index (χ2v) is 4.11. The summed E-state index contributed by atoms with van der Waals surface area (Å²) in [7, 11) is 1.22. The molecule has 5 nitrogen and oxygen atoms in total. The molecule has 2 rings (SSSR count). The van der Waals surface area contributed by atoms with Crippen LogP contribution in [-0.4, -0.2) is 25.7 Å². The third-order valence-electron chi connectivity index (χ3n) is 2.76. The second kappa shape index (κ2) is 6.43. The number of nitriles is 1. The Morgan fingerprint density at radius 3 is 2.90 bits per heavy atom. The van der Waals surface area contributed by atoms with E-state index in [1.54, 1.807) is 6.07 Å². The summed E-state index contributed by atoms with van der Waals surface area (Å²) in [5.74, 6) is -0.537. The van der Waals surface area contributed by atoms with Gasteiger partial charge in [0.05, 0.1) is 13.7 Å². The van der Waals surface area contributed by atoms with Gasteiger partial charge in [-0.05, 0) is 11.6 Å². The van der Waals surface area contributed by atoms with Gasteiger partial charge in [-0.1, -0.05) is 36.4 Å². The van der Waals surface area contributed by atoms with Crippen LogP contribution in [0.3, 0.4) is 0 Å². The largest absolute Gasteiger partial charge is 0.469 e. The summed E-state index contributed by atoms with van der Waals surface area (Å²) in [6.07, 6.45) is 3.58. The number of rotatable bonds is 3. The Hall–Kier alpha value is -2.74. The summed E-state index contributed by atoms with van der Waals surface area (Å²) in [5, 5.41) is 11.8. The van der Waals surface area contributed by atoms with E-state index in [2.05, 4.69) is 10.1 Å². The van der Waals surface area contributed by atoms with E-state index in [-0.39, 0.29) is 17.6 Å². The molecule has 0 radical (unpaired) electrons. The number of hydrogen-bond donors (Lipinski definition) is 1. The molecular formula is C15H14N2O3. The van der Waals surface area contributed by atoms with Crippen molar-refractivity contribution >= 4 is 12.0 Å². The molecule has 1 saturated heterocycles. The van der Waals surface area contributed by atoms with Gasteiger partial charge in [0.25, 0.3) is 0 Å². The Balaban J connectivity index is 2.06. The van der Waals surface area contributed by atoms with E-state index in [1.165, 1.54) is 7.11 Å². The summed E-state index contributed by atoms with van der Waals surface area (Å²) in [4.78, 5) is 11.4. The molecular weight excluding hydrogens is 256 g/mol. The zero-order chi connectivity index (χ0) is 14.4. The Morgan fingerprint density at radius 2 is 2.25 bits per heavy atom. The van der Waals surface area contributed by atoms with E-state index in [0.29, 0.717) is 6.54 Å². The minimum atomic E-state index is -0.706. The van der Waals surface area contributed by atoms with Gasteiger partial charge in [0.15, 0.2) is 5.57 Å². The van der Waals surface area contributed by atoms with E-state index in [9.17, 15) is 4.79 Å². The lowest BCUT2D eigenvalue weighted by Gasteiger charge is -2.04. The smallest absolute Gasteiger partial charge is 0.354 e. The molecule has 102 valence electrons. The highest BCUT2D eigenvalue weighted by molar-refractivity contribution is 5.93. The molecule has 0 saturated carbocycles. The Morgan fingerprint density at radius 1 is 1.50 bits per heavy atom. The van der Waals surface area contributed by atoms with Crippen LogP contribution in [-0.2, 0) is 14.3 Å². The molecule has 0 bridgehead atoms. The summed E-state index contributed by atoms with van der Waals surface area (Å²) in [6.45, 7) is 0.501. The predicted octanol–water partition coefficient (Wildman–Crippen LogP) is 1.60. The first-order valence-electron chi connectivity index (χ1n) is 6.11. The topological polar surface area (TPSA) is 71.4 Å². The molecule has 1 unspecified atom stereocenters. The van der Waals surface area contributed by atoms with Crippen LogP contribution in [0.4, 0.5) is 0 Å². The average molecular weight is 270 g/mol. The molecule has 1 aliphatic rings. The molecule has 0 aliphatic carbocycles. The van der Waals surface area contributed by atoms with Crippen molar-refractivity contribution in [1.29, 1.82) is 5.26 Å². The third-order valence-corrected chi connectivity index (χ3v) is 2.76. The first-order valence-corrected chi connectivity index (χ1v) is 6.11. The van der Waals surface area contributed by atoms with E-state index in [1.807, 2.05) is 42.5 Å². The van der Waals surface area contributed by atoms with E-state index >= 15 is 0 Å². The standard InChI is InChI=1S/C15H14N2O3/c1-19-15(18)13(9-16)14-17-10-12(20-14)8-7-11-5-3-2-4-6-11/h2-8,12,17H,10H2,1H3/b8-7+,14-13+. The second-order valence-electron chi connectivity index (χ2n) is 4.11. The molecule has 5 heteroatoms. The number of nitrogens with zero attached hydrogens (tertiary/aromatic N) is 1. The van der Waals surface area contributed by atoms with Crippen molar-refractivity contribution in [3.63, 3.8) is 0 Å². The van der Waals surface area contributed by atoms with E-state index in [4.69, 9.17) is 10.00 Å². The maximum atomic E-state index is 11.4. The van der Waals surface area contributed by atoms with Crippen LogP contribution in [0, 0.1) is 11.3 Å². The highest BCUT2D eigenvalue weighted by Gasteiger charge is 2.25. The summed E-state index contributed by atoms with van der Waals surface area (Å²) in [6, 6.07) is 11.6. The molecule has 1 atom stereocenters. The lowest BCUT2D eigenvalue weighted by molar-refractivity contribution is -0.135. The van der Waals surface area contributed by atoms with Crippen LogP contribution in [0.1, 0.15) is 5.56 Å². The van der Waals surface area contributed by atoms with Crippen LogP contribution in [0.15, 0.2) is 47.9 Å². The van der Waals surface area contributed by atoms with Crippen LogP contribution in [0.2, 0.25) is 0 Å². The summed E-state index contributed by atoms with van der Waals surface area (Å²) in [5.41, 5.74) is 0.908. The van der Waals surface area contributed by atoms with Gasteiger partial charge in [0, 0.05) is 0 Å². The number of carbonyl (C=O) groups is 1. The molecule has 0 amide bonds. The van der Waals surface area contributed by atoms with Crippen LogP contribution in [0.5, 0.6) is 0 Å². The molecule has 20 heavy (non-hydrogen) atoms. The SMILES string of the molecule is COC(=O)/C(C#N)=C1\NCC(/C=C/c2ccccc2)O1. The molecule has 1 aromatic rings. The van der Waals surface area contributed by atoms with Gasteiger partial charge in [-0.2, -0.15) is 5.26 Å². The first kappa shape index (κ1) is 13.7. The first-order chi connectivity index (χ1) is 9.74. The fourth-order valence-electron chi connectivity index (χ4n) is 1.76. The number of methoxy groups -OCH3 is 1. The van der Waals surface area contributed by atoms with Gasteiger partial charge in [-0.25, -0.2) is 4.79 Å². The lowest BCUT2D eigenvalue weighted by Crippen LogP contribution is -2.14. The average Bonchev–Trinajstić information content (AvgIpc) is 2.95. The molecule has 1 heterocycles. The third kappa shape index (κ3) is 3.18. The molecule has 0 spiro atoms. The fourth-order valence-corrected chi connectivity index (χ4v) is 1.76. The van der Waals surface area contributed by atoms with Crippen molar-refractivity contribution < 1.29 is 14.3 Å². The molecule has 1 fully saturated rings. The van der Waals surface area contributed by atoms with Gasteiger partial charge in [-0.15, -0.1) is 0 Å². The highest BCUT2D eigenvalue weighted by atomic mass is 16.5. The Bertz CT molecular complexity index is 585. The number of hydrogen-bond acceptors (Lipinski definition) is 5. The summed E-state index contributed by atoms with van der Waals surface area (Å²) >= 11 is 0. The lowest BCUT2D eigenvalue weighted by atomic mass is 10.2. The zero-order valence-corrected chi connectivity index (χ0v) is 11.0. The van der Waals surface area contributed by atoms with Gasteiger partial charge in [-0.3, -0.25) is 0 Å². The van der Waals surface area contributed by atoms with Crippen molar-refractivity contribution in [2.24, 2.45) is 0 Å². The fraction of sp³-hybridized carbons (Fsp3) is 0.200. The number of ether oxygens (including phenoxy) is 2. The van der Waals surface area contributed by atoms with Crippen LogP contribution >= 0.6 is 0 Å². The van der Waals surface area contributed by atoms with E-state index in [0.717, 1.165) is 5.56 Å². The van der Waals surface area contributed by atoms with E-state index < -0.39 is 5.97 Å². The van der Waals surface area contributed by atoms with Crippen molar-refractivity contribution in [1.82, 2.24) is 5.32 Å². The maximum Gasteiger partial charge on any atom is 0.354 e. The van der Waals surface area contributed by atoms with Crippen LogP contribution < -0.4 is 5.32 Å². The Labute approximate surface area is 117 Å². The normalized spacial score (nSPS) is 19.9. The van der Waals surface area contributed by atoms with Gasteiger partial charge in [0.2, 0.25) is 5.88 Å². The molecule has 0 aromatic heterocycles. The van der Waals surface area contributed by atoms with Crippen LogP contribution in [0.25, 0.3) is 6.08 Å². The number of esters is 1. The van der Waals surface area contributed by atoms with Crippen molar-refractivity contribution in [3.8, 4) is 6.07 Å². The Kier molecular flexibility index (Phi) is 4.40. The quantitative estimate of drug-likeness (QED) is 0.513. The van der Waals surface area contributed by atoms with Gasteiger partial charge in [0.1, 0.15) is 12.2 Å². The molecule has 1 aliphatic heterocycles. The zero-order valence-electron chi connectivity index (χ0n) is 11.0. The van der Waals surface area contributed by atoms with Crippen molar-refractivity contribution in [2.75, 3.05) is 13.7 Å². The molecule has 1 N–H and O–H groups in total. The number of nitrogens with one attached hydrogen (secondary N) is 1. The number of carbonyl (C=O) groups excluding carboxylic acids is 1. The summed E-state index contributed by atoms with van der Waals surface area (Å²) < 4.78 is 10.0. The molecule has 1 aromatic carbocycles. The van der Waals surface area contributed by atoms with Crippen molar-refractivity contribution in [2.45, 2.75) is 6.10 Å². The minimum absolute atomic E-state index is 0.150. The monoisotopic (exact) mass is 270 g/mol. The maximum absolute atomic E-state index is 11.4. The predicted molar refractivity (Wildman–Crippen MR) is 73.0 cm³/mol. The minimum Gasteiger partial charge on any atom is -0.469 e. The van der Waals surface area contributed by atoms with Gasteiger partial charge < -0.3 is 14.8 Å². The van der Waals surface area contributed by atoms with Crippen molar-refractivity contribution in [3.05, 3.63) is 53.4 Å².